The van der Waals surface area contributed by atoms with Gasteiger partial charge in [-0.2, -0.15) is 0 Å². The average molecular weight is 329 g/mol. The van der Waals surface area contributed by atoms with Gasteiger partial charge in [0.15, 0.2) is 8.32 Å². The summed E-state index contributed by atoms with van der Waals surface area (Å²) >= 11 is 0. The van der Waals surface area contributed by atoms with Crippen LogP contribution in [0.3, 0.4) is 0 Å². The second-order valence-corrected chi connectivity index (χ2v) is 13.0. The lowest BCUT2D eigenvalue weighted by Gasteiger charge is -2.41. The first-order valence-electron chi connectivity index (χ1n) is 8.30. The van der Waals surface area contributed by atoms with Crippen LogP contribution < -0.4 is 0 Å². The standard InChI is InChI=1S/C17H32O4Si/c1-12-8-9-14(13(2)11-18)20-16(19)10-15(12)21-22(6,7)17(3,4)5/h11-15H,8-10H2,1-7H3/t12-,13-,14-,15+/m1/s1. The molecule has 0 aromatic carbocycles. The summed E-state index contributed by atoms with van der Waals surface area (Å²) in [6.45, 7) is 15.0. The van der Waals surface area contributed by atoms with Gasteiger partial charge < -0.3 is 14.0 Å². The fourth-order valence-corrected chi connectivity index (χ4v) is 3.85. The molecule has 5 heteroatoms. The maximum Gasteiger partial charge on any atom is 0.308 e. The predicted molar refractivity (Wildman–Crippen MR) is 90.2 cm³/mol. The molecule has 128 valence electrons. The van der Waals surface area contributed by atoms with Crippen molar-refractivity contribution in [3.63, 3.8) is 0 Å². The van der Waals surface area contributed by atoms with E-state index in [9.17, 15) is 9.59 Å². The van der Waals surface area contributed by atoms with E-state index in [1.165, 1.54) is 0 Å². The van der Waals surface area contributed by atoms with Crippen molar-refractivity contribution < 1.29 is 18.8 Å². The average Bonchev–Trinajstić information content (AvgIpc) is 2.38. The number of rotatable bonds is 4. The Bertz CT molecular complexity index is 400. The Balaban J connectivity index is 2.80. The normalized spacial score (nSPS) is 29.2. The van der Waals surface area contributed by atoms with Crippen molar-refractivity contribution in [3.8, 4) is 0 Å². The molecule has 1 heterocycles. The van der Waals surface area contributed by atoms with Gasteiger partial charge in [-0.1, -0.05) is 34.6 Å². The summed E-state index contributed by atoms with van der Waals surface area (Å²) in [5.41, 5.74) is 0. The fourth-order valence-electron chi connectivity index (χ4n) is 2.43. The number of carbonyl (C=O) groups is 2. The largest absolute Gasteiger partial charge is 0.462 e. The second kappa shape index (κ2) is 7.26. The van der Waals surface area contributed by atoms with Crippen LogP contribution in [0.15, 0.2) is 0 Å². The predicted octanol–water partition coefficient (Wildman–Crippen LogP) is 3.94. The summed E-state index contributed by atoms with van der Waals surface area (Å²) < 4.78 is 11.9. The Kier molecular flexibility index (Phi) is 6.39. The van der Waals surface area contributed by atoms with Crippen LogP contribution in [0.5, 0.6) is 0 Å². The van der Waals surface area contributed by atoms with Crippen LogP contribution in [0, 0.1) is 11.8 Å². The summed E-state index contributed by atoms with van der Waals surface area (Å²) in [4.78, 5) is 23.1. The molecule has 4 nitrogen and oxygen atoms in total. The SMILES string of the molecule is C[C@H](C=O)[C@H]1CC[C@@H](C)[C@@H](O[Si](C)(C)C(C)(C)C)CC(=O)O1. The van der Waals surface area contributed by atoms with Crippen LogP contribution in [0.25, 0.3) is 0 Å². The van der Waals surface area contributed by atoms with E-state index in [4.69, 9.17) is 9.16 Å². The van der Waals surface area contributed by atoms with Gasteiger partial charge in [-0.05, 0) is 36.9 Å². The molecule has 22 heavy (non-hydrogen) atoms. The molecular formula is C17H32O4Si. The lowest BCUT2D eigenvalue weighted by Crippen LogP contribution is -2.47. The van der Waals surface area contributed by atoms with Crippen molar-refractivity contribution >= 4 is 20.6 Å². The Morgan fingerprint density at radius 2 is 1.91 bits per heavy atom. The van der Waals surface area contributed by atoms with Gasteiger partial charge in [0.2, 0.25) is 0 Å². The van der Waals surface area contributed by atoms with E-state index >= 15 is 0 Å². The van der Waals surface area contributed by atoms with Crippen molar-refractivity contribution in [1.29, 1.82) is 0 Å². The molecule has 1 saturated heterocycles. The number of hydrogen-bond donors (Lipinski definition) is 0. The second-order valence-electron chi connectivity index (χ2n) is 8.20. The fraction of sp³-hybridized carbons (Fsp3) is 0.882. The van der Waals surface area contributed by atoms with Crippen LogP contribution in [0.4, 0.5) is 0 Å². The minimum atomic E-state index is -1.91. The topological polar surface area (TPSA) is 52.6 Å². The van der Waals surface area contributed by atoms with Gasteiger partial charge in [0.1, 0.15) is 12.4 Å². The third kappa shape index (κ3) is 4.91. The van der Waals surface area contributed by atoms with Crippen molar-refractivity contribution in [2.24, 2.45) is 11.8 Å². The lowest BCUT2D eigenvalue weighted by atomic mass is 9.90. The summed E-state index contributed by atoms with van der Waals surface area (Å²) in [7, 11) is -1.91. The summed E-state index contributed by atoms with van der Waals surface area (Å²) in [5, 5.41) is 0.119. The maximum absolute atomic E-state index is 12.2. The van der Waals surface area contributed by atoms with Crippen LogP contribution in [-0.2, 0) is 18.8 Å². The first-order valence-corrected chi connectivity index (χ1v) is 11.2. The zero-order chi connectivity index (χ0) is 17.1. The van der Waals surface area contributed by atoms with Gasteiger partial charge >= 0.3 is 5.97 Å². The number of esters is 1. The molecule has 1 rings (SSSR count). The van der Waals surface area contributed by atoms with E-state index in [2.05, 4.69) is 40.8 Å². The Morgan fingerprint density at radius 3 is 2.41 bits per heavy atom. The molecule has 0 N–H and O–H groups in total. The van der Waals surface area contributed by atoms with E-state index in [0.717, 1.165) is 19.1 Å². The quantitative estimate of drug-likeness (QED) is 0.445. The van der Waals surface area contributed by atoms with Crippen LogP contribution >= 0.6 is 0 Å². The van der Waals surface area contributed by atoms with Crippen LogP contribution in [0.1, 0.15) is 53.9 Å². The molecule has 0 saturated carbocycles. The Hall–Kier alpha value is -0.683. The highest BCUT2D eigenvalue weighted by Gasteiger charge is 2.41. The van der Waals surface area contributed by atoms with Gasteiger partial charge in [0.05, 0.1) is 12.5 Å². The van der Waals surface area contributed by atoms with Crippen molar-refractivity contribution in [1.82, 2.24) is 0 Å². The van der Waals surface area contributed by atoms with Gasteiger partial charge in [0.25, 0.3) is 0 Å². The maximum atomic E-state index is 12.2. The van der Waals surface area contributed by atoms with Crippen molar-refractivity contribution in [2.75, 3.05) is 0 Å². The molecule has 0 amide bonds. The van der Waals surface area contributed by atoms with Crippen molar-refractivity contribution in [2.45, 2.75) is 84.2 Å². The highest BCUT2D eigenvalue weighted by atomic mass is 28.4. The molecule has 1 aliphatic rings. The van der Waals surface area contributed by atoms with Gasteiger partial charge in [-0.3, -0.25) is 4.79 Å². The monoisotopic (exact) mass is 328 g/mol. The molecule has 1 aliphatic heterocycles. The number of ether oxygens (including phenoxy) is 1. The molecule has 0 aromatic heterocycles. The molecule has 0 spiro atoms. The number of carbonyl (C=O) groups excluding carboxylic acids is 2. The third-order valence-corrected chi connectivity index (χ3v) is 9.75. The third-order valence-electron chi connectivity index (χ3n) is 5.25. The molecule has 4 atom stereocenters. The number of cyclic esters (lactones) is 1. The van der Waals surface area contributed by atoms with Gasteiger partial charge in [0, 0.05) is 5.92 Å². The van der Waals surface area contributed by atoms with Gasteiger partial charge in [-0.15, -0.1) is 0 Å². The number of aldehydes is 1. The lowest BCUT2D eigenvalue weighted by molar-refractivity contribution is -0.157. The minimum Gasteiger partial charge on any atom is -0.462 e. The zero-order valence-electron chi connectivity index (χ0n) is 15.1. The highest BCUT2D eigenvalue weighted by Crippen LogP contribution is 2.39. The smallest absolute Gasteiger partial charge is 0.308 e. The van der Waals surface area contributed by atoms with E-state index < -0.39 is 8.32 Å². The van der Waals surface area contributed by atoms with E-state index in [1.54, 1.807) is 6.92 Å². The Labute approximate surface area is 136 Å². The minimum absolute atomic E-state index is 0.0825. The molecule has 0 bridgehead atoms. The molecule has 0 unspecified atom stereocenters. The molecule has 0 radical (unpaired) electrons. The first-order chi connectivity index (χ1) is 9.98. The van der Waals surface area contributed by atoms with E-state index in [-0.39, 0.29) is 35.6 Å². The molecular weight excluding hydrogens is 296 g/mol. The summed E-state index contributed by atoms with van der Waals surface area (Å²) in [5.74, 6) is -0.189. The van der Waals surface area contributed by atoms with Gasteiger partial charge in [-0.25, -0.2) is 0 Å². The van der Waals surface area contributed by atoms with Crippen LogP contribution in [0.2, 0.25) is 18.1 Å². The van der Waals surface area contributed by atoms with E-state index in [1.807, 2.05) is 0 Å². The zero-order valence-corrected chi connectivity index (χ0v) is 16.1. The highest BCUT2D eigenvalue weighted by molar-refractivity contribution is 6.74. The Morgan fingerprint density at radius 1 is 1.32 bits per heavy atom. The van der Waals surface area contributed by atoms with Crippen LogP contribution in [-0.4, -0.2) is 32.8 Å². The first kappa shape index (κ1) is 19.4. The summed E-state index contributed by atoms with van der Waals surface area (Å²) in [6, 6.07) is 0. The molecule has 0 aromatic rings. The summed E-state index contributed by atoms with van der Waals surface area (Å²) in [6.07, 6.45) is 2.42. The molecule has 0 aliphatic carbocycles. The molecule has 1 fully saturated rings. The van der Waals surface area contributed by atoms with Crippen molar-refractivity contribution in [3.05, 3.63) is 0 Å². The van der Waals surface area contributed by atoms with E-state index in [0.29, 0.717) is 5.92 Å². The number of hydrogen-bond acceptors (Lipinski definition) is 4.